The van der Waals surface area contributed by atoms with E-state index in [4.69, 9.17) is 0 Å². The summed E-state index contributed by atoms with van der Waals surface area (Å²) in [6, 6.07) is 0. The van der Waals surface area contributed by atoms with E-state index in [1.54, 1.807) is 0 Å². The molecule has 60 valence electrons. The SMILES string of the molecule is N(=N\c1nn[nH+][n-]1)/c1nnn[n-]1.[Cs+].[Cs+]. The first-order valence-corrected chi connectivity index (χ1v) is 2.79. The first kappa shape index (κ1) is 15.8. The average Bonchev–Trinajstić information content (AvgIpc) is 2.74. The molecular weight excluding hydrogens is 430 g/mol. The molecule has 14 heavy (non-hydrogen) atoms. The minimum atomic E-state index is 0. The molecule has 2 heterocycles. The Morgan fingerprint density at radius 3 is 2.43 bits per heavy atom. The molecule has 0 bridgehead atoms. The van der Waals surface area contributed by atoms with Gasteiger partial charge in [0.15, 0.2) is 0 Å². The number of nitrogens with zero attached hydrogens (tertiary/aromatic N) is 9. The van der Waals surface area contributed by atoms with Crippen LogP contribution in [-0.2, 0) is 0 Å². The fourth-order valence-electron chi connectivity index (χ4n) is 0.468. The van der Waals surface area contributed by atoms with E-state index in [1.807, 2.05) is 0 Å². The van der Waals surface area contributed by atoms with Gasteiger partial charge in [-0.2, -0.15) is 15.5 Å². The van der Waals surface area contributed by atoms with Gasteiger partial charge < -0.3 is 0 Å². The molecule has 0 radical (unpaired) electrons. The minimum absolute atomic E-state index is 0. The Bertz CT molecular complexity index is 313. The third kappa shape index (κ3) is 5.26. The van der Waals surface area contributed by atoms with E-state index in [1.165, 1.54) is 0 Å². The Labute approximate surface area is 195 Å². The van der Waals surface area contributed by atoms with Gasteiger partial charge in [-0.3, -0.25) is 15.3 Å². The minimum Gasteiger partial charge on any atom is -0.283 e. The molecule has 0 amide bonds. The van der Waals surface area contributed by atoms with E-state index in [-0.39, 0.29) is 150 Å². The summed E-state index contributed by atoms with van der Waals surface area (Å²) >= 11 is 0. The number of aromatic nitrogens is 8. The molecule has 1 N–H and O–H groups in total. The summed E-state index contributed by atoms with van der Waals surface area (Å²) in [6.07, 6.45) is 0. The van der Waals surface area contributed by atoms with Gasteiger partial charge in [-0.25, -0.2) is 10.2 Å². The van der Waals surface area contributed by atoms with E-state index in [2.05, 4.69) is 51.5 Å². The summed E-state index contributed by atoms with van der Waals surface area (Å²) in [4.78, 5) is 0. The van der Waals surface area contributed by atoms with Gasteiger partial charge in [-0.1, -0.05) is 0 Å². The number of rotatable bonds is 2. The van der Waals surface area contributed by atoms with Gasteiger partial charge in [0.05, 0.1) is 0 Å². The van der Waals surface area contributed by atoms with E-state index >= 15 is 0 Å². The van der Waals surface area contributed by atoms with Crippen LogP contribution >= 0.6 is 0 Å². The van der Waals surface area contributed by atoms with Crippen molar-refractivity contribution in [2.24, 2.45) is 10.2 Å². The van der Waals surface area contributed by atoms with Gasteiger partial charge >= 0.3 is 138 Å². The number of tetrazole rings is 2. The molecule has 0 aliphatic heterocycles. The van der Waals surface area contributed by atoms with Crippen LogP contribution in [0.15, 0.2) is 10.2 Å². The van der Waals surface area contributed by atoms with Crippen molar-refractivity contribution >= 4 is 11.9 Å². The molecule has 2 aromatic rings. The van der Waals surface area contributed by atoms with Gasteiger partial charge in [0.25, 0.3) is 0 Å². The van der Waals surface area contributed by atoms with Crippen molar-refractivity contribution in [3.63, 3.8) is 0 Å². The molecule has 2 aromatic heterocycles. The maximum atomic E-state index is 3.51. The number of H-pyrrole nitrogens is 1. The smallest absolute Gasteiger partial charge is 0.283 e. The summed E-state index contributed by atoms with van der Waals surface area (Å²) in [5.74, 6) is 0.152. The number of hydrogen-bond donors (Lipinski definition) is 0. The topological polar surface area (TPSA) is 132 Å². The van der Waals surface area contributed by atoms with Gasteiger partial charge in [0, 0.05) is 0 Å². The van der Waals surface area contributed by atoms with Crippen LogP contribution in [0.5, 0.6) is 0 Å². The quantitative estimate of drug-likeness (QED) is 0.432. The van der Waals surface area contributed by atoms with Crippen LogP contribution in [0, 0.1) is 0 Å². The largest absolute Gasteiger partial charge is 1.00 e. The molecular formula is C2HCs2N10+. The Morgan fingerprint density at radius 1 is 1.07 bits per heavy atom. The second kappa shape index (κ2) is 8.93. The molecule has 2 rings (SSSR count). The molecule has 0 aliphatic carbocycles. The van der Waals surface area contributed by atoms with Crippen LogP contribution in [-0.4, -0.2) is 25.8 Å². The van der Waals surface area contributed by atoms with Crippen LogP contribution in [0.25, 0.3) is 0 Å². The Hall–Kier alpha value is 1.84. The van der Waals surface area contributed by atoms with Crippen LogP contribution in [0.4, 0.5) is 11.9 Å². The van der Waals surface area contributed by atoms with Crippen molar-refractivity contribution in [1.29, 1.82) is 0 Å². The van der Waals surface area contributed by atoms with Crippen molar-refractivity contribution < 1.29 is 143 Å². The standard InChI is InChI=1S/C2HN10.2Cs/c3(1-5-9-10-6-1)4-2-7-11-12-8-2;;/h(H-2,3,4,5,6,7,8,9,10,11,12);;/q-1;2*+1. The summed E-state index contributed by atoms with van der Waals surface area (Å²) in [5.41, 5.74) is 0. The molecule has 10 nitrogen and oxygen atoms in total. The zero-order valence-corrected chi connectivity index (χ0v) is 20.1. The fraction of sp³-hybridized carbons (Fsp3) is 0. The van der Waals surface area contributed by atoms with Crippen molar-refractivity contribution in [3.05, 3.63) is 0 Å². The van der Waals surface area contributed by atoms with Crippen LogP contribution in [0.1, 0.15) is 0 Å². The zero-order valence-electron chi connectivity index (χ0n) is 7.52. The van der Waals surface area contributed by atoms with Crippen molar-refractivity contribution in [2.75, 3.05) is 0 Å². The van der Waals surface area contributed by atoms with Gasteiger partial charge in [-0.15, -0.1) is 10.4 Å². The first-order chi connectivity index (χ1) is 5.95. The molecule has 0 aliphatic rings. The predicted molar refractivity (Wildman–Crippen MR) is 29.2 cm³/mol. The third-order valence-electron chi connectivity index (χ3n) is 0.871. The summed E-state index contributed by atoms with van der Waals surface area (Å²) in [5, 5.41) is 32.7. The van der Waals surface area contributed by atoms with E-state index in [9.17, 15) is 0 Å². The summed E-state index contributed by atoms with van der Waals surface area (Å²) in [6.45, 7) is 0. The Morgan fingerprint density at radius 2 is 1.86 bits per heavy atom. The monoisotopic (exact) mass is 431 g/mol. The fourth-order valence-corrected chi connectivity index (χ4v) is 0.468. The number of aromatic amines is 1. The number of azo groups is 1. The Balaban J connectivity index is 0.000000845. The molecule has 0 spiro atoms. The second-order valence-corrected chi connectivity index (χ2v) is 1.59. The van der Waals surface area contributed by atoms with Crippen molar-refractivity contribution in [1.82, 2.24) is 36.0 Å². The number of hydrogen-bond acceptors (Lipinski definition) is 7. The molecule has 0 atom stereocenters. The Kier molecular flexibility index (Phi) is 10.1. The molecule has 0 aromatic carbocycles. The zero-order chi connectivity index (χ0) is 8.23. The van der Waals surface area contributed by atoms with E-state index in [0.717, 1.165) is 0 Å². The van der Waals surface area contributed by atoms with E-state index in [0.29, 0.717) is 0 Å². The average molecular weight is 431 g/mol. The van der Waals surface area contributed by atoms with Crippen LogP contribution in [0.2, 0.25) is 0 Å². The predicted octanol–water partition coefficient (Wildman–Crippen LogP) is -8.19. The molecule has 0 fully saturated rings. The molecule has 12 heteroatoms. The maximum absolute atomic E-state index is 3.51. The first-order valence-electron chi connectivity index (χ1n) is 2.79. The molecule has 0 unspecified atom stereocenters. The normalized spacial score (nSPS) is 9.43. The maximum Gasteiger partial charge on any atom is 1.00 e. The van der Waals surface area contributed by atoms with Crippen LogP contribution in [0.3, 0.4) is 0 Å². The van der Waals surface area contributed by atoms with Crippen molar-refractivity contribution in [2.45, 2.75) is 0 Å². The number of nitrogens with one attached hydrogen (secondary N) is 1. The summed E-state index contributed by atoms with van der Waals surface area (Å²) < 4.78 is 0. The third-order valence-corrected chi connectivity index (χ3v) is 0.871. The summed E-state index contributed by atoms with van der Waals surface area (Å²) in [7, 11) is 0. The molecule has 0 saturated carbocycles. The van der Waals surface area contributed by atoms with Gasteiger partial charge in [-0.05, 0) is 0 Å². The van der Waals surface area contributed by atoms with E-state index < -0.39 is 0 Å². The van der Waals surface area contributed by atoms with Crippen molar-refractivity contribution in [3.8, 4) is 0 Å². The molecule has 0 saturated heterocycles. The van der Waals surface area contributed by atoms with Gasteiger partial charge in [0.2, 0.25) is 0 Å². The van der Waals surface area contributed by atoms with Gasteiger partial charge in [0.1, 0.15) is 11.9 Å². The van der Waals surface area contributed by atoms with Crippen LogP contribution < -0.4 is 153 Å². The second-order valence-electron chi connectivity index (χ2n) is 1.59.